The largest absolute Gasteiger partial charge is 0.545 e. The highest BCUT2D eigenvalue weighted by Gasteiger charge is 2.10. The number of carboxylic acid groups (broad SMARTS) is 1. The fraction of sp³-hybridized carbons (Fsp3) is 0.0667. The van der Waals surface area contributed by atoms with Gasteiger partial charge in [-0.3, -0.25) is 4.79 Å². The van der Waals surface area contributed by atoms with E-state index in [1.54, 1.807) is 24.3 Å². The van der Waals surface area contributed by atoms with Crippen molar-refractivity contribution in [2.45, 2.75) is 6.92 Å². The maximum Gasteiger partial charge on any atom is 0.255 e. The Hall–Kier alpha value is -2.14. The molecule has 1 N–H and O–H groups in total. The fourth-order valence-electron chi connectivity index (χ4n) is 1.78. The van der Waals surface area contributed by atoms with Crippen molar-refractivity contribution in [1.29, 1.82) is 0 Å². The SMILES string of the molecule is Cc1cccc(C(=O)Nc2ccc(Br)cc2C(=O)[O-])c1. The fourth-order valence-corrected chi connectivity index (χ4v) is 2.14. The lowest BCUT2D eigenvalue weighted by Crippen LogP contribution is -2.25. The number of halogens is 1. The second-order valence-electron chi connectivity index (χ2n) is 4.30. The normalized spacial score (nSPS) is 10.1. The number of nitrogens with one attached hydrogen (secondary N) is 1. The molecule has 0 aliphatic carbocycles. The Labute approximate surface area is 124 Å². The first kappa shape index (κ1) is 14.3. The predicted molar refractivity (Wildman–Crippen MR) is 77.6 cm³/mol. The summed E-state index contributed by atoms with van der Waals surface area (Å²) in [6.07, 6.45) is 0. The molecule has 5 heteroatoms. The number of amides is 1. The minimum atomic E-state index is -1.34. The van der Waals surface area contributed by atoms with Crippen molar-refractivity contribution in [3.63, 3.8) is 0 Å². The minimum Gasteiger partial charge on any atom is -0.545 e. The number of benzene rings is 2. The Bertz CT molecular complexity index is 683. The van der Waals surface area contributed by atoms with Gasteiger partial charge in [-0.05, 0) is 37.3 Å². The Morgan fingerprint density at radius 3 is 2.55 bits per heavy atom. The lowest BCUT2D eigenvalue weighted by molar-refractivity contribution is -0.254. The van der Waals surface area contributed by atoms with Gasteiger partial charge in [0.1, 0.15) is 0 Å². The van der Waals surface area contributed by atoms with Crippen molar-refractivity contribution in [3.05, 3.63) is 63.6 Å². The summed E-state index contributed by atoms with van der Waals surface area (Å²) >= 11 is 3.18. The van der Waals surface area contributed by atoms with Crippen LogP contribution in [0.5, 0.6) is 0 Å². The summed E-state index contributed by atoms with van der Waals surface area (Å²) in [6.45, 7) is 1.88. The molecule has 0 unspecified atom stereocenters. The van der Waals surface area contributed by atoms with Crippen LogP contribution < -0.4 is 10.4 Å². The van der Waals surface area contributed by atoms with Gasteiger partial charge in [0.25, 0.3) is 5.91 Å². The van der Waals surface area contributed by atoms with Crippen molar-refractivity contribution in [3.8, 4) is 0 Å². The topological polar surface area (TPSA) is 69.2 Å². The number of aryl methyl sites for hydroxylation is 1. The van der Waals surface area contributed by atoms with E-state index in [2.05, 4.69) is 21.2 Å². The zero-order chi connectivity index (χ0) is 14.7. The van der Waals surface area contributed by atoms with Crippen molar-refractivity contribution >= 4 is 33.5 Å². The summed E-state index contributed by atoms with van der Waals surface area (Å²) in [5, 5.41) is 13.6. The molecular weight excluding hydrogens is 322 g/mol. The average Bonchev–Trinajstić information content (AvgIpc) is 2.40. The van der Waals surface area contributed by atoms with E-state index in [-0.39, 0.29) is 17.2 Å². The van der Waals surface area contributed by atoms with Crippen LogP contribution in [0.15, 0.2) is 46.9 Å². The Balaban J connectivity index is 2.30. The summed E-state index contributed by atoms with van der Waals surface area (Å²) in [5.74, 6) is -1.70. The van der Waals surface area contributed by atoms with Crippen molar-refractivity contribution in [2.24, 2.45) is 0 Å². The van der Waals surface area contributed by atoms with Gasteiger partial charge < -0.3 is 15.2 Å². The number of carbonyl (C=O) groups is 2. The van der Waals surface area contributed by atoms with Crippen LogP contribution in [0, 0.1) is 6.92 Å². The molecule has 2 aromatic carbocycles. The molecule has 1 amide bonds. The van der Waals surface area contributed by atoms with Gasteiger partial charge in [-0.2, -0.15) is 0 Å². The van der Waals surface area contributed by atoms with Gasteiger partial charge in [-0.25, -0.2) is 0 Å². The van der Waals surface area contributed by atoms with Gasteiger partial charge >= 0.3 is 0 Å². The molecule has 0 fully saturated rings. The van der Waals surface area contributed by atoms with E-state index in [0.29, 0.717) is 10.0 Å². The van der Waals surface area contributed by atoms with Crippen LogP contribution >= 0.6 is 15.9 Å². The maximum absolute atomic E-state index is 12.1. The molecule has 0 saturated heterocycles. The number of rotatable bonds is 3. The molecule has 2 aromatic rings. The quantitative estimate of drug-likeness (QED) is 0.938. The molecule has 0 bridgehead atoms. The molecule has 4 nitrogen and oxygen atoms in total. The molecule has 0 saturated carbocycles. The van der Waals surface area contributed by atoms with E-state index in [0.717, 1.165) is 5.56 Å². The second-order valence-corrected chi connectivity index (χ2v) is 5.22. The van der Waals surface area contributed by atoms with Crippen molar-refractivity contribution in [1.82, 2.24) is 0 Å². The zero-order valence-electron chi connectivity index (χ0n) is 10.6. The van der Waals surface area contributed by atoms with Gasteiger partial charge in [-0.1, -0.05) is 33.6 Å². The summed E-state index contributed by atoms with van der Waals surface area (Å²) in [5.41, 5.74) is 1.56. The number of carboxylic acids is 1. The average molecular weight is 333 g/mol. The smallest absolute Gasteiger partial charge is 0.255 e. The third-order valence-electron chi connectivity index (χ3n) is 2.73. The Kier molecular flexibility index (Phi) is 4.20. The van der Waals surface area contributed by atoms with Gasteiger partial charge in [-0.15, -0.1) is 0 Å². The maximum atomic E-state index is 12.1. The number of aromatic carboxylic acids is 1. The monoisotopic (exact) mass is 332 g/mol. The minimum absolute atomic E-state index is 0.0691. The summed E-state index contributed by atoms with van der Waals surface area (Å²) in [4.78, 5) is 23.2. The van der Waals surface area contributed by atoms with Gasteiger partial charge in [0.2, 0.25) is 0 Å². The van der Waals surface area contributed by atoms with Crippen molar-refractivity contribution in [2.75, 3.05) is 5.32 Å². The van der Waals surface area contributed by atoms with Crippen LogP contribution in [-0.4, -0.2) is 11.9 Å². The Morgan fingerprint density at radius 1 is 1.15 bits per heavy atom. The number of carbonyl (C=O) groups excluding carboxylic acids is 2. The first-order valence-electron chi connectivity index (χ1n) is 5.86. The second kappa shape index (κ2) is 5.88. The van der Waals surface area contributed by atoms with E-state index < -0.39 is 5.97 Å². The third kappa shape index (κ3) is 3.24. The first-order valence-corrected chi connectivity index (χ1v) is 6.65. The molecule has 0 radical (unpaired) electrons. The van der Waals surface area contributed by atoms with Crippen LogP contribution in [0.25, 0.3) is 0 Å². The lowest BCUT2D eigenvalue weighted by atomic mass is 10.1. The van der Waals surface area contributed by atoms with E-state index >= 15 is 0 Å². The van der Waals surface area contributed by atoms with Gasteiger partial charge in [0.15, 0.2) is 0 Å². The van der Waals surface area contributed by atoms with Crippen LogP contribution in [0.2, 0.25) is 0 Å². The van der Waals surface area contributed by atoms with Gasteiger partial charge in [0.05, 0.1) is 11.7 Å². The summed E-state index contributed by atoms with van der Waals surface area (Å²) in [7, 11) is 0. The highest BCUT2D eigenvalue weighted by Crippen LogP contribution is 2.21. The highest BCUT2D eigenvalue weighted by atomic mass is 79.9. The molecule has 0 atom stereocenters. The van der Waals surface area contributed by atoms with Crippen LogP contribution in [-0.2, 0) is 0 Å². The predicted octanol–water partition coefficient (Wildman–Crippen LogP) is 2.37. The zero-order valence-corrected chi connectivity index (χ0v) is 12.2. The molecule has 102 valence electrons. The van der Waals surface area contributed by atoms with E-state index in [1.807, 2.05) is 13.0 Å². The van der Waals surface area contributed by atoms with Crippen LogP contribution in [0.4, 0.5) is 5.69 Å². The molecule has 0 aromatic heterocycles. The van der Waals surface area contributed by atoms with Crippen LogP contribution in [0.1, 0.15) is 26.3 Å². The van der Waals surface area contributed by atoms with E-state index in [4.69, 9.17) is 0 Å². The standard InChI is InChI=1S/C15H12BrNO3/c1-9-3-2-4-10(7-9)14(18)17-13-6-5-11(16)8-12(13)15(19)20/h2-8H,1H3,(H,17,18)(H,19,20)/p-1. The van der Waals surface area contributed by atoms with Gasteiger partial charge in [0, 0.05) is 15.6 Å². The summed E-state index contributed by atoms with van der Waals surface area (Å²) < 4.78 is 0.602. The van der Waals surface area contributed by atoms with E-state index in [9.17, 15) is 14.7 Å². The highest BCUT2D eigenvalue weighted by molar-refractivity contribution is 9.10. The molecule has 0 heterocycles. The number of hydrogen-bond donors (Lipinski definition) is 1. The number of anilines is 1. The molecule has 0 aliphatic rings. The molecule has 2 rings (SSSR count). The van der Waals surface area contributed by atoms with Crippen molar-refractivity contribution < 1.29 is 14.7 Å². The molecule has 0 aliphatic heterocycles. The number of hydrogen-bond acceptors (Lipinski definition) is 3. The summed E-state index contributed by atoms with van der Waals surface area (Å²) in [6, 6.07) is 11.6. The van der Waals surface area contributed by atoms with E-state index in [1.165, 1.54) is 12.1 Å². The van der Waals surface area contributed by atoms with Crippen LogP contribution in [0.3, 0.4) is 0 Å². The molecule has 0 spiro atoms. The third-order valence-corrected chi connectivity index (χ3v) is 3.22. The first-order chi connectivity index (χ1) is 9.47. The molecule has 20 heavy (non-hydrogen) atoms. The lowest BCUT2D eigenvalue weighted by Gasteiger charge is -2.12. The Morgan fingerprint density at radius 2 is 1.90 bits per heavy atom. The molecular formula is C15H11BrNO3-.